The Morgan fingerprint density at radius 2 is 2.11 bits per heavy atom. The zero-order valence-electron chi connectivity index (χ0n) is 9.15. The largest absolute Gasteiger partial charge is 0.399 e. The summed E-state index contributed by atoms with van der Waals surface area (Å²) >= 11 is 5.89. The van der Waals surface area contributed by atoms with Crippen molar-refractivity contribution in [3.05, 3.63) is 52.9 Å². The number of benzene rings is 1. The fraction of sp³-hybridized carbons (Fsp3) is 0. The van der Waals surface area contributed by atoms with Crippen molar-refractivity contribution in [2.24, 2.45) is 0 Å². The number of nitrogens with zero attached hydrogens (tertiary/aromatic N) is 1. The van der Waals surface area contributed by atoms with Crippen molar-refractivity contribution in [3.8, 4) is 0 Å². The second kappa shape index (κ2) is 5.01. The minimum Gasteiger partial charge on any atom is -0.399 e. The van der Waals surface area contributed by atoms with Crippen molar-refractivity contribution in [3.63, 3.8) is 0 Å². The summed E-state index contributed by atoms with van der Waals surface area (Å²) in [7, 11) is 0. The fourth-order valence-corrected chi connectivity index (χ4v) is 1.55. The van der Waals surface area contributed by atoms with Crippen LogP contribution in [0.2, 0.25) is 5.02 Å². The number of rotatable bonds is 2. The fourth-order valence-electron chi connectivity index (χ4n) is 1.35. The van der Waals surface area contributed by atoms with Gasteiger partial charge in [-0.2, -0.15) is 0 Å². The number of carbonyl (C=O) groups excluding carboxylic acids is 1. The Morgan fingerprint density at radius 3 is 2.78 bits per heavy atom. The number of aromatic nitrogens is 1. The highest BCUT2D eigenvalue weighted by atomic mass is 35.5. The zero-order valence-corrected chi connectivity index (χ0v) is 9.91. The number of halogens is 2. The molecule has 2 aromatic rings. The van der Waals surface area contributed by atoms with E-state index in [0.29, 0.717) is 5.69 Å². The molecule has 0 bridgehead atoms. The Labute approximate surface area is 108 Å². The van der Waals surface area contributed by atoms with Gasteiger partial charge in [-0.15, -0.1) is 0 Å². The lowest BCUT2D eigenvalue weighted by Gasteiger charge is -2.06. The van der Waals surface area contributed by atoms with Crippen LogP contribution >= 0.6 is 11.6 Å². The zero-order chi connectivity index (χ0) is 13.1. The topological polar surface area (TPSA) is 68.0 Å². The molecule has 0 atom stereocenters. The summed E-state index contributed by atoms with van der Waals surface area (Å²) in [4.78, 5) is 15.6. The number of carbonyl (C=O) groups is 1. The van der Waals surface area contributed by atoms with Gasteiger partial charge in [0, 0.05) is 5.69 Å². The highest BCUT2D eigenvalue weighted by Crippen LogP contribution is 2.19. The van der Waals surface area contributed by atoms with Crippen LogP contribution in [-0.4, -0.2) is 10.9 Å². The molecule has 6 heteroatoms. The van der Waals surface area contributed by atoms with Crippen molar-refractivity contribution in [2.75, 3.05) is 11.1 Å². The van der Waals surface area contributed by atoms with Gasteiger partial charge in [0.15, 0.2) is 0 Å². The minimum atomic E-state index is -0.477. The van der Waals surface area contributed by atoms with Crippen LogP contribution in [0.1, 0.15) is 10.4 Å². The molecule has 0 saturated heterocycles. The summed E-state index contributed by atoms with van der Waals surface area (Å²) in [5, 5.41) is 2.78. The summed E-state index contributed by atoms with van der Waals surface area (Å²) in [6.07, 6.45) is 1.01. The van der Waals surface area contributed by atoms with Gasteiger partial charge in [0.1, 0.15) is 11.6 Å². The van der Waals surface area contributed by atoms with Crippen molar-refractivity contribution in [1.82, 2.24) is 4.98 Å². The molecule has 0 unspecified atom stereocenters. The van der Waals surface area contributed by atoms with E-state index in [9.17, 15) is 9.18 Å². The average molecular weight is 266 g/mol. The molecule has 4 nitrogen and oxygen atoms in total. The maximum Gasteiger partial charge on any atom is 0.258 e. The molecule has 0 aliphatic heterocycles. The lowest BCUT2D eigenvalue weighted by molar-refractivity contribution is 0.102. The smallest absolute Gasteiger partial charge is 0.258 e. The number of anilines is 2. The van der Waals surface area contributed by atoms with Gasteiger partial charge in [-0.05, 0) is 30.3 Å². The third-order valence-electron chi connectivity index (χ3n) is 2.20. The normalized spacial score (nSPS) is 10.1. The third kappa shape index (κ3) is 2.75. The minimum absolute atomic E-state index is 0.236. The van der Waals surface area contributed by atoms with E-state index in [1.807, 2.05) is 0 Å². The standard InChI is InChI=1S/C12H9ClFN3O/c13-10-3-2-8(15)5-9(10)12(18)17-11-4-1-7(14)6-16-11/h1-6H,15H2,(H,16,17,18). The van der Waals surface area contributed by atoms with Gasteiger partial charge in [0.2, 0.25) is 0 Å². The summed E-state index contributed by atoms with van der Waals surface area (Å²) in [6.45, 7) is 0. The molecule has 0 spiro atoms. The first-order valence-corrected chi connectivity index (χ1v) is 5.42. The monoisotopic (exact) mass is 265 g/mol. The van der Waals surface area contributed by atoms with Crippen LogP contribution in [0.25, 0.3) is 0 Å². The molecule has 2 rings (SSSR count). The van der Waals surface area contributed by atoms with Gasteiger partial charge in [0.05, 0.1) is 16.8 Å². The SMILES string of the molecule is Nc1ccc(Cl)c(C(=O)Nc2ccc(F)cn2)c1. The molecular weight excluding hydrogens is 257 g/mol. The number of nitrogens with two attached hydrogens (primary N) is 1. The van der Waals surface area contributed by atoms with Gasteiger partial charge >= 0.3 is 0 Å². The van der Waals surface area contributed by atoms with Crippen LogP contribution in [0.5, 0.6) is 0 Å². The Morgan fingerprint density at radius 1 is 1.33 bits per heavy atom. The van der Waals surface area contributed by atoms with Crippen molar-refractivity contribution in [2.45, 2.75) is 0 Å². The molecule has 0 saturated carbocycles. The molecule has 0 aliphatic rings. The maximum atomic E-state index is 12.7. The number of amides is 1. The summed E-state index contributed by atoms with van der Waals surface area (Å²) in [6, 6.07) is 7.14. The predicted molar refractivity (Wildman–Crippen MR) is 68.0 cm³/mol. The summed E-state index contributed by atoms with van der Waals surface area (Å²) < 4.78 is 12.7. The Hall–Kier alpha value is -2.14. The molecule has 1 aromatic carbocycles. The van der Waals surface area contributed by atoms with E-state index in [4.69, 9.17) is 17.3 Å². The first-order chi connectivity index (χ1) is 8.56. The maximum absolute atomic E-state index is 12.7. The first-order valence-electron chi connectivity index (χ1n) is 5.04. The second-order valence-corrected chi connectivity index (χ2v) is 3.96. The van der Waals surface area contributed by atoms with E-state index in [1.165, 1.54) is 24.3 Å². The van der Waals surface area contributed by atoms with Gasteiger partial charge in [-0.25, -0.2) is 9.37 Å². The van der Waals surface area contributed by atoms with Gasteiger partial charge < -0.3 is 11.1 Å². The molecule has 3 N–H and O–H groups in total. The number of nitrogen functional groups attached to an aromatic ring is 1. The number of hydrogen-bond acceptors (Lipinski definition) is 3. The van der Waals surface area contributed by atoms with Crippen LogP contribution < -0.4 is 11.1 Å². The summed E-state index contributed by atoms with van der Waals surface area (Å²) in [5.41, 5.74) is 6.24. The highest BCUT2D eigenvalue weighted by Gasteiger charge is 2.11. The third-order valence-corrected chi connectivity index (χ3v) is 2.53. The molecule has 1 aromatic heterocycles. The Kier molecular flexibility index (Phi) is 3.43. The van der Waals surface area contributed by atoms with Gasteiger partial charge in [-0.3, -0.25) is 4.79 Å². The molecule has 0 aliphatic carbocycles. The second-order valence-electron chi connectivity index (χ2n) is 3.56. The Balaban J connectivity index is 2.21. The van der Waals surface area contributed by atoms with Crippen LogP contribution in [-0.2, 0) is 0 Å². The van der Waals surface area contributed by atoms with Gasteiger partial charge in [0.25, 0.3) is 5.91 Å². The van der Waals surface area contributed by atoms with Crippen LogP contribution in [0.3, 0.4) is 0 Å². The quantitative estimate of drug-likeness (QED) is 0.821. The van der Waals surface area contributed by atoms with Crippen LogP contribution in [0.4, 0.5) is 15.9 Å². The number of nitrogens with one attached hydrogen (secondary N) is 1. The van der Waals surface area contributed by atoms with E-state index in [-0.39, 0.29) is 16.4 Å². The average Bonchev–Trinajstić information content (AvgIpc) is 2.35. The molecule has 1 amide bonds. The van der Waals surface area contributed by atoms with E-state index in [1.54, 1.807) is 6.07 Å². The number of hydrogen-bond donors (Lipinski definition) is 2. The van der Waals surface area contributed by atoms with Crippen LogP contribution in [0.15, 0.2) is 36.5 Å². The van der Waals surface area contributed by atoms with Crippen molar-refractivity contribution >= 4 is 29.0 Å². The number of pyridine rings is 1. The molecule has 92 valence electrons. The van der Waals surface area contributed by atoms with Crippen LogP contribution in [0, 0.1) is 5.82 Å². The van der Waals surface area contributed by atoms with E-state index in [2.05, 4.69) is 10.3 Å². The molecule has 0 radical (unpaired) electrons. The highest BCUT2D eigenvalue weighted by molar-refractivity contribution is 6.34. The first kappa shape index (κ1) is 12.3. The molecule has 18 heavy (non-hydrogen) atoms. The molecule has 1 heterocycles. The van der Waals surface area contributed by atoms with E-state index >= 15 is 0 Å². The lowest BCUT2D eigenvalue weighted by Crippen LogP contribution is -2.13. The van der Waals surface area contributed by atoms with Crippen molar-refractivity contribution in [1.29, 1.82) is 0 Å². The summed E-state index contributed by atoms with van der Waals surface area (Å²) in [5.74, 6) is -0.693. The molecular formula is C12H9ClFN3O. The van der Waals surface area contributed by atoms with Gasteiger partial charge in [-0.1, -0.05) is 11.6 Å². The van der Waals surface area contributed by atoms with E-state index in [0.717, 1.165) is 6.20 Å². The molecule has 0 fully saturated rings. The lowest BCUT2D eigenvalue weighted by atomic mass is 10.2. The predicted octanol–water partition coefficient (Wildman–Crippen LogP) is 2.71. The van der Waals surface area contributed by atoms with Crippen molar-refractivity contribution < 1.29 is 9.18 Å². The Bertz CT molecular complexity index is 586. The van der Waals surface area contributed by atoms with E-state index < -0.39 is 11.7 Å².